The first-order valence-corrected chi connectivity index (χ1v) is 7.57. The molecule has 1 aromatic carbocycles. The largest absolute Gasteiger partial charge is 0.419 e. The number of nitrogens with one attached hydrogen (secondary N) is 1. The van der Waals surface area contributed by atoms with Crippen LogP contribution in [0, 0.1) is 17.2 Å². The summed E-state index contributed by atoms with van der Waals surface area (Å²) < 4.78 is 5.72. The summed E-state index contributed by atoms with van der Waals surface area (Å²) in [4.78, 5) is 4.28. The summed E-state index contributed by atoms with van der Waals surface area (Å²) in [6, 6.07) is 10.2. The summed E-state index contributed by atoms with van der Waals surface area (Å²) in [5, 5.41) is 12.3. The normalized spacial score (nSPS) is 11.5. The van der Waals surface area contributed by atoms with Crippen molar-refractivity contribution in [1.82, 2.24) is 4.98 Å². The third-order valence-corrected chi connectivity index (χ3v) is 3.40. The lowest BCUT2D eigenvalue weighted by molar-refractivity contribution is 0.573. The van der Waals surface area contributed by atoms with Gasteiger partial charge in [0.1, 0.15) is 6.07 Å². The third-order valence-electron chi connectivity index (χ3n) is 3.40. The molecule has 0 aliphatic carbocycles. The Morgan fingerprint density at radius 1 is 1.23 bits per heavy atom. The molecule has 2 aromatic rings. The van der Waals surface area contributed by atoms with Crippen LogP contribution < -0.4 is 5.32 Å². The van der Waals surface area contributed by atoms with Crippen LogP contribution >= 0.6 is 0 Å². The average Bonchev–Trinajstić information content (AvgIpc) is 2.87. The maximum absolute atomic E-state index is 9.18. The quantitative estimate of drug-likeness (QED) is 0.897. The van der Waals surface area contributed by atoms with Crippen LogP contribution in [0.4, 0.5) is 5.88 Å². The summed E-state index contributed by atoms with van der Waals surface area (Å²) in [7, 11) is 0. The third kappa shape index (κ3) is 3.67. The summed E-state index contributed by atoms with van der Waals surface area (Å²) in [6.07, 6.45) is 0. The Balaban J connectivity index is 2.27. The van der Waals surface area contributed by atoms with E-state index >= 15 is 0 Å². The second kappa shape index (κ2) is 6.23. The van der Waals surface area contributed by atoms with Crippen molar-refractivity contribution in [2.24, 2.45) is 5.92 Å². The van der Waals surface area contributed by atoms with Gasteiger partial charge in [-0.2, -0.15) is 10.2 Å². The number of nitrogens with zero attached hydrogens (tertiary/aromatic N) is 2. The van der Waals surface area contributed by atoms with E-state index in [1.54, 1.807) is 0 Å². The molecule has 4 nitrogen and oxygen atoms in total. The van der Waals surface area contributed by atoms with Crippen molar-refractivity contribution in [3.63, 3.8) is 0 Å². The minimum Gasteiger partial charge on any atom is -0.419 e. The van der Waals surface area contributed by atoms with Gasteiger partial charge in [-0.1, -0.05) is 46.8 Å². The van der Waals surface area contributed by atoms with Crippen LogP contribution in [0.25, 0.3) is 11.5 Å². The van der Waals surface area contributed by atoms with Crippen LogP contribution in [-0.4, -0.2) is 11.5 Å². The lowest BCUT2D eigenvalue weighted by atomic mass is 9.87. The van der Waals surface area contributed by atoms with Crippen molar-refractivity contribution in [2.75, 3.05) is 11.9 Å². The lowest BCUT2D eigenvalue weighted by Crippen LogP contribution is -2.10. The van der Waals surface area contributed by atoms with Gasteiger partial charge in [-0.25, -0.2) is 0 Å². The summed E-state index contributed by atoms with van der Waals surface area (Å²) in [5.41, 5.74) is 2.54. The van der Waals surface area contributed by atoms with E-state index in [1.807, 2.05) is 12.1 Å². The molecule has 0 atom stereocenters. The van der Waals surface area contributed by atoms with Crippen molar-refractivity contribution >= 4 is 5.88 Å². The van der Waals surface area contributed by atoms with Crippen molar-refractivity contribution in [2.45, 2.75) is 40.0 Å². The Bertz CT molecular complexity index is 670. The zero-order chi connectivity index (χ0) is 16.3. The first-order valence-electron chi connectivity index (χ1n) is 7.57. The number of hydrogen-bond donors (Lipinski definition) is 1. The monoisotopic (exact) mass is 297 g/mol. The van der Waals surface area contributed by atoms with Crippen LogP contribution in [0.3, 0.4) is 0 Å². The maximum atomic E-state index is 9.18. The fourth-order valence-electron chi connectivity index (χ4n) is 2.05. The van der Waals surface area contributed by atoms with Crippen LogP contribution in [0.1, 0.15) is 45.9 Å². The summed E-state index contributed by atoms with van der Waals surface area (Å²) >= 11 is 0. The fourth-order valence-corrected chi connectivity index (χ4v) is 2.05. The van der Waals surface area contributed by atoms with Gasteiger partial charge in [-0.15, -0.1) is 0 Å². The Morgan fingerprint density at radius 3 is 2.36 bits per heavy atom. The van der Waals surface area contributed by atoms with Crippen LogP contribution in [0.2, 0.25) is 0 Å². The van der Waals surface area contributed by atoms with Crippen molar-refractivity contribution in [3.8, 4) is 17.5 Å². The highest BCUT2D eigenvalue weighted by Crippen LogP contribution is 2.28. The molecule has 1 heterocycles. The molecule has 0 saturated heterocycles. The number of nitriles is 1. The van der Waals surface area contributed by atoms with Gasteiger partial charge >= 0.3 is 0 Å². The molecule has 1 aromatic heterocycles. The van der Waals surface area contributed by atoms with E-state index in [1.165, 1.54) is 5.56 Å². The van der Waals surface area contributed by atoms with Gasteiger partial charge in [0.25, 0.3) is 0 Å². The highest BCUT2D eigenvalue weighted by Gasteiger charge is 2.17. The molecule has 116 valence electrons. The number of hydrogen-bond acceptors (Lipinski definition) is 4. The molecular weight excluding hydrogens is 274 g/mol. The van der Waals surface area contributed by atoms with Gasteiger partial charge in [-0.05, 0) is 29.0 Å². The molecule has 0 fully saturated rings. The zero-order valence-corrected chi connectivity index (χ0v) is 13.9. The summed E-state index contributed by atoms with van der Waals surface area (Å²) in [5.74, 6) is 1.39. The standard InChI is InChI=1S/C18H23N3O/c1-12(2)11-20-17-15(10-19)21-16(22-17)13-6-8-14(9-7-13)18(3,4)5/h6-9,12,20H,11H2,1-5H3. The number of oxazole rings is 1. The molecular formula is C18H23N3O. The maximum Gasteiger partial charge on any atom is 0.232 e. The molecule has 0 saturated carbocycles. The zero-order valence-electron chi connectivity index (χ0n) is 13.9. The van der Waals surface area contributed by atoms with Crippen molar-refractivity contribution in [1.29, 1.82) is 5.26 Å². The van der Waals surface area contributed by atoms with Crippen molar-refractivity contribution in [3.05, 3.63) is 35.5 Å². The van der Waals surface area contributed by atoms with Crippen LogP contribution in [0.15, 0.2) is 28.7 Å². The van der Waals surface area contributed by atoms with Gasteiger partial charge in [-0.3, -0.25) is 0 Å². The number of anilines is 1. The molecule has 0 radical (unpaired) electrons. The van der Waals surface area contributed by atoms with Gasteiger partial charge in [0, 0.05) is 12.1 Å². The van der Waals surface area contributed by atoms with Gasteiger partial charge in [0.2, 0.25) is 17.5 Å². The van der Waals surface area contributed by atoms with E-state index in [0.717, 1.165) is 12.1 Å². The minimum atomic E-state index is 0.108. The van der Waals surface area contributed by atoms with Crippen molar-refractivity contribution < 1.29 is 4.42 Å². The molecule has 0 bridgehead atoms. The van der Waals surface area contributed by atoms with E-state index < -0.39 is 0 Å². The first-order chi connectivity index (χ1) is 10.3. The predicted molar refractivity (Wildman–Crippen MR) is 88.7 cm³/mol. The second-order valence-electron chi connectivity index (χ2n) is 6.91. The van der Waals surface area contributed by atoms with Gasteiger partial charge in [0.15, 0.2) is 0 Å². The Hall–Kier alpha value is -2.28. The van der Waals surface area contributed by atoms with Gasteiger partial charge < -0.3 is 9.73 Å². The predicted octanol–water partition coefficient (Wildman–Crippen LogP) is 4.58. The second-order valence-corrected chi connectivity index (χ2v) is 6.91. The SMILES string of the molecule is CC(C)CNc1oc(-c2ccc(C(C)(C)C)cc2)nc1C#N. The molecule has 0 aliphatic heterocycles. The molecule has 0 spiro atoms. The Labute approximate surface area is 132 Å². The van der Waals surface area contributed by atoms with Gasteiger partial charge in [0.05, 0.1) is 0 Å². The molecule has 22 heavy (non-hydrogen) atoms. The van der Waals surface area contributed by atoms with E-state index in [9.17, 15) is 5.26 Å². The first kappa shape index (κ1) is 16.1. The molecule has 0 aliphatic rings. The highest BCUT2D eigenvalue weighted by molar-refractivity contribution is 5.59. The van der Waals surface area contributed by atoms with E-state index in [0.29, 0.717) is 23.4 Å². The average molecular weight is 297 g/mol. The van der Waals surface area contributed by atoms with E-state index in [4.69, 9.17) is 4.42 Å². The van der Waals surface area contributed by atoms with E-state index in [2.05, 4.69) is 63.1 Å². The molecule has 0 amide bonds. The lowest BCUT2D eigenvalue weighted by Gasteiger charge is -2.18. The van der Waals surface area contributed by atoms with Crippen LogP contribution in [-0.2, 0) is 5.41 Å². The minimum absolute atomic E-state index is 0.108. The Kier molecular flexibility index (Phi) is 4.56. The summed E-state index contributed by atoms with van der Waals surface area (Å²) in [6.45, 7) is 11.5. The molecule has 1 N–H and O–H groups in total. The molecule has 4 heteroatoms. The number of rotatable bonds is 4. The Morgan fingerprint density at radius 2 is 1.86 bits per heavy atom. The number of aromatic nitrogens is 1. The fraction of sp³-hybridized carbons (Fsp3) is 0.444. The molecule has 0 unspecified atom stereocenters. The van der Waals surface area contributed by atoms with Crippen LogP contribution in [0.5, 0.6) is 0 Å². The topological polar surface area (TPSA) is 61.9 Å². The van der Waals surface area contributed by atoms with E-state index in [-0.39, 0.29) is 5.41 Å². The highest BCUT2D eigenvalue weighted by atomic mass is 16.4. The smallest absolute Gasteiger partial charge is 0.232 e. The molecule has 2 rings (SSSR count). The number of benzene rings is 1.